The third kappa shape index (κ3) is 3.13. The third-order valence-electron chi connectivity index (χ3n) is 1.97. The van der Waals surface area contributed by atoms with Gasteiger partial charge in [-0.2, -0.15) is 0 Å². The Kier molecular flexibility index (Phi) is 4.60. The number of carbonyl (C=O) groups excluding carboxylic acids is 1. The van der Waals surface area contributed by atoms with Crippen LogP contribution in [-0.4, -0.2) is 16.9 Å². The molecule has 3 nitrogen and oxygen atoms in total. The molecule has 1 unspecified atom stereocenters. The van der Waals surface area contributed by atoms with Crippen molar-refractivity contribution in [1.29, 1.82) is 0 Å². The minimum absolute atomic E-state index is 0.0666. The Morgan fingerprint density at radius 1 is 1.62 bits per heavy atom. The van der Waals surface area contributed by atoms with Crippen molar-refractivity contribution < 1.29 is 4.79 Å². The van der Waals surface area contributed by atoms with Crippen molar-refractivity contribution in [3.63, 3.8) is 0 Å². The summed E-state index contributed by atoms with van der Waals surface area (Å²) in [6.07, 6.45) is 5.89. The highest BCUT2D eigenvalue weighted by Crippen LogP contribution is 2.16. The molecule has 0 aliphatic carbocycles. The first-order valence-electron chi connectivity index (χ1n) is 4.67. The zero-order valence-electron chi connectivity index (χ0n) is 8.63. The van der Waals surface area contributed by atoms with Gasteiger partial charge in [0.05, 0.1) is 11.6 Å². The van der Waals surface area contributed by atoms with Gasteiger partial charge in [-0.1, -0.05) is 36.0 Å². The standard InChI is InChI=1S/C11H10Cl2N2O/c1-3-7(4-2)14-11(16)8-5-6-9(12)15-10(8)13/h1,5-7H,4H2,2H3,(H,14,16). The van der Waals surface area contributed by atoms with Gasteiger partial charge in [-0.3, -0.25) is 4.79 Å². The zero-order valence-corrected chi connectivity index (χ0v) is 10.1. The second-order valence-electron chi connectivity index (χ2n) is 3.07. The Morgan fingerprint density at radius 2 is 2.31 bits per heavy atom. The summed E-state index contributed by atoms with van der Waals surface area (Å²) in [6.45, 7) is 1.88. The fourth-order valence-corrected chi connectivity index (χ4v) is 1.51. The molecular weight excluding hydrogens is 247 g/mol. The lowest BCUT2D eigenvalue weighted by molar-refractivity contribution is 0.0945. The number of amides is 1. The molecule has 0 aromatic carbocycles. The number of pyridine rings is 1. The number of hydrogen-bond donors (Lipinski definition) is 1. The maximum Gasteiger partial charge on any atom is 0.255 e. The number of hydrogen-bond acceptors (Lipinski definition) is 2. The molecule has 1 heterocycles. The fourth-order valence-electron chi connectivity index (χ4n) is 1.08. The van der Waals surface area contributed by atoms with Crippen molar-refractivity contribution in [2.24, 2.45) is 0 Å². The Balaban J connectivity index is 2.85. The summed E-state index contributed by atoms with van der Waals surface area (Å²) < 4.78 is 0. The fraction of sp³-hybridized carbons (Fsp3) is 0.273. The molecular formula is C11H10Cl2N2O. The summed E-state index contributed by atoms with van der Waals surface area (Å²) in [5.74, 6) is 2.11. The summed E-state index contributed by atoms with van der Waals surface area (Å²) in [7, 11) is 0. The van der Waals surface area contributed by atoms with Gasteiger partial charge < -0.3 is 5.32 Å². The van der Waals surface area contributed by atoms with Gasteiger partial charge in [-0.25, -0.2) is 4.98 Å². The largest absolute Gasteiger partial charge is 0.338 e. The highest BCUT2D eigenvalue weighted by molar-refractivity contribution is 6.34. The summed E-state index contributed by atoms with van der Waals surface area (Å²) in [5.41, 5.74) is 0.264. The van der Waals surface area contributed by atoms with Crippen molar-refractivity contribution in [1.82, 2.24) is 10.3 Å². The van der Waals surface area contributed by atoms with E-state index in [0.717, 1.165) is 0 Å². The van der Waals surface area contributed by atoms with Crippen molar-refractivity contribution in [3.05, 3.63) is 28.0 Å². The Hall–Kier alpha value is -1.24. The van der Waals surface area contributed by atoms with Crippen LogP contribution >= 0.6 is 23.2 Å². The number of nitrogens with zero attached hydrogens (tertiary/aromatic N) is 1. The lowest BCUT2D eigenvalue weighted by Crippen LogP contribution is -2.33. The Bertz CT molecular complexity index is 440. The molecule has 1 atom stereocenters. The van der Waals surface area contributed by atoms with E-state index in [9.17, 15) is 4.79 Å². The van der Waals surface area contributed by atoms with Crippen LogP contribution < -0.4 is 5.32 Å². The van der Waals surface area contributed by atoms with E-state index in [-0.39, 0.29) is 27.8 Å². The smallest absolute Gasteiger partial charge is 0.255 e. The van der Waals surface area contributed by atoms with Gasteiger partial charge in [0.1, 0.15) is 10.3 Å². The second kappa shape index (κ2) is 5.74. The summed E-state index contributed by atoms with van der Waals surface area (Å²) >= 11 is 11.4. The predicted molar refractivity (Wildman–Crippen MR) is 64.6 cm³/mol. The van der Waals surface area contributed by atoms with Crippen LogP contribution in [-0.2, 0) is 0 Å². The summed E-state index contributed by atoms with van der Waals surface area (Å²) in [6, 6.07) is 2.70. The van der Waals surface area contributed by atoms with Crippen LogP contribution in [0.1, 0.15) is 23.7 Å². The van der Waals surface area contributed by atoms with Crippen LogP contribution in [0, 0.1) is 12.3 Å². The maximum absolute atomic E-state index is 11.7. The van der Waals surface area contributed by atoms with Gasteiger partial charge in [0.25, 0.3) is 5.91 Å². The lowest BCUT2D eigenvalue weighted by Gasteiger charge is -2.11. The van der Waals surface area contributed by atoms with E-state index in [2.05, 4.69) is 16.2 Å². The molecule has 1 rings (SSSR count). The average molecular weight is 257 g/mol. The molecule has 16 heavy (non-hydrogen) atoms. The minimum Gasteiger partial charge on any atom is -0.338 e. The number of aromatic nitrogens is 1. The molecule has 0 bridgehead atoms. The predicted octanol–water partition coefficient (Wildman–Crippen LogP) is 2.53. The SMILES string of the molecule is C#CC(CC)NC(=O)c1ccc(Cl)nc1Cl. The average Bonchev–Trinajstić information content (AvgIpc) is 2.25. The van der Waals surface area contributed by atoms with Gasteiger partial charge in [-0.05, 0) is 18.6 Å². The first-order valence-corrected chi connectivity index (χ1v) is 5.43. The highest BCUT2D eigenvalue weighted by atomic mass is 35.5. The number of nitrogens with one attached hydrogen (secondary N) is 1. The minimum atomic E-state index is -0.348. The molecule has 1 aromatic rings. The van der Waals surface area contributed by atoms with Crippen molar-refractivity contribution in [3.8, 4) is 12.3 Å². The molecule has 0 aliphatic heterocycles. The van der Waals surface area contributed by atoms with E-state index in [1.165, 1.54) is 12.1 Å². The molecule has 1 amide bonds. The van der Waals surface area contributed by atoms with E-state index in [0.29, 0.717) is 6.42 Å². The summed E-state index contributed by atoms with van der Waals surface area (Å²) in [5, 5.41) is 2.96. The van der Waals surface area contributed by atoms with Crippen LogP contribution in [0.2, 0.25) is 10.3 Å². The molecule has 1 aromatic heterocycles. The Morgan fingerprint density at radius 3 is 2.81 bits per heavy atom. The molecule has 0 fully saturated rings. The van der Waals surface area contributed by atoms with Crippen LogP contribution in [0.25, 0.3) is 0 Å². The molecule has 5 heteroatoms. The van der Waals surface area contributed by atoms with E-state index < -0.39 is 0 Å². The van der Waals surface area contributed by atoms with Crippen molar-refractivity contribution >= 4 is 29.1 Å². The van der Waals surface area contributed by atoms with Crippen molar-refractivity contribution in [2.45, 2.75) is 19.4 Å². The van der Waals surface area contributed by atoms with E-state index in [1.54, 1.807) is 0 Å². The Labute approximate surface area is 104 Å². The first-order chi connectivity index (χ1) is 7.58. The topological polar surface area (TPSA) is 42.0 Å². The zero-order chi connectivity index (χ0) is 12.1. The molecule has 0 saturated heterocycles. The van der Waals surface area contributed by atoms with Crippen LogP contribution in [0.3, 0.4) is 0 Å². The number of terminal acetylenes is 1. The molecule has 0 saturated carbocycles. The molecule has 0 radical (unpaired) electrons. The van der Waals surface area contributed by atoms with Crippen molar-refractivity contribution in [2.75, 3.05) is 0 Å². The monoisotopic (exact) mass is 256 g/mol. The van der Waals surface area contributed by atoms with E-state index in [4.69, 9.17) is 29.6 Å². The molecule has 0 spiro atoms. The highest BCUT2D eigenvalue weighted by Gasteiger charge is 2.14. The quantitative estimate of drug-likeness (QED) is 0.667. The van der Waals surface area contributed by atoms with Gasteiger partial charge in [0, 0.05) is 0 Å². The van der Waals surface area contributed by atoms with Gasteiger partial charge in [0.15, 0.2) is 0 Å². The molecule has 84 valence electrons. The lowest BCUT2D eigenvalue weighted by atomic mass is 10.2. The number of halogens is 2. The first kappa shape index (κ1) is 12.8. The van der Waals surface area contributed by atoms with Gasteiger partial charge in [0.2, 0.25) is 0 Å². The maximum atomic E-state index is 11.7. The molecule has 1 N–H and O–H groups in total. The van der Waals surface area contributed by atoms with Crippen LogP contribution in [0.15, 0.2) is 12.1 Å². The van der Waals surface area contributed by atoms with Crippen LogP contribution in [0.5, 0.6) is 0 Å². The van der Waals surface area contributed by atoms with Crippen LogP contribution in [0.4, 0.5) is 0 Å². The summed E-state index contributed by atoms with van der Waals surface area (Å²) in [4.78, 5) is 15.5. The van der Waals surface area contributed by atoms with E-state index in [1.807, 2.05) is 6.92 Å². The van der Waals surface area contributed by atoms with Gasteiger partial charge >= 0.3 is 0 Å². The second-order valence-corrected chi connectivity index (χ2v) is 3.82. The molecule has 0 aliphatic rings. The van der Waals surface area contributed by atoms with Gasteiger partial charge in [-0.15, -0.1) is 6.42 Å². The number of rotatable bonds is 3. The number of carbonyl (C=O) groups is 1. The normalized spacial score (nSPS) is 11.6. The van der Waals surface area contributed by atoms with E-state index >= 15 is 0 Å². The third-order valence-corrected chi connectivity index (χ3v) is 2.47.